The zero-order chi connectivity index (χ0) is 19.0. The van der Waals surface area contributed by atoms with Crippen LogP contribution in [0.25, 0.3) is 11.1 Å². The molecule has 0 atom stereocenters. The van der Waals surface area contributed by atoms with Crippen molar-refractivity contribution in [1.82, 2.24) is 19.7 Å². The Balaban J connectivity index is 1.53. The number of carbonyl (C=O) groups is 1. The molecule has 0 radical (unpaired) electrons. The first-order chi connectivity index (χ1) is 13.0. The van der Waals surface area contributed by atoms with Crippen molar-refractivity contribution in [2.75, 3.05) is 11.9 Å². The molecular weight excluding hydrogens is 369 g/mol. The Hall–Kier alpha value is -2.93. The van der Waals surface area contributed by atoms with Gasteiger partial charge >= 0.3 is 6.03 Å². The van der Waals surface area contributed by atoms with Crippen molar-refractivity contribution in [3.63, 3.8) is 0 Å². The molecule has 138 valence electrons. The standard InChI is InChI=1S/C19H17ClFN5O/c1-12-9-22-18(8-16(12)20)24-19(27)25-6-7-26-17(11-25)15(10-23-26)13-2-4-14(21)5-3-13/h2-5,8-10H,6-7,11H2,1H3,(H,22,24,27). The Bertz CT molecular complexity index is 1000. The minimum Gasteiger partial charge on any atom is -0.317 e. The predicted octanol–water partition coefficient (Wildman–Crippen LogP) is 4.09. The number of carbonyl (C=O) groups excluding carboxylic acids is 1. The number of nitrogens with one attached hydrogen (secondary N) is 1. The van der Waals surface area contributed by atoms with E-state index in [1.165, 1.54) is 12.1 Å². The Morgan fingerprint density at radius 2 is 2.00 bits per heavy atom. The molecule has 2 amide bonds. The maximum atomic E-state index is 13.2. The number of rotatable bonds is 2. The summed E-state index contributed by atoms with van der Waals surface area (Å²) in [4.78, 5) is 18.5. The van der Waals surface area contributed by atoms with Gasteiger partial charge in [-0.25, -0.2) is 14.2 Å². The molecule has 0 unspecified atom stereocenters. The number of halogens is 2. The average Bonchev–Trinajstić information content (AvgIpc) is 3.08. The van der Waals surface area contributed by atoms with Gasteiger partial charge in [-0.3, -0.25) is 10.00 Å². The molecule has 1 aromatic carbocycles. The normalized spacial score (nSPS) is 13.4. The Kier molecular flexibility index (Phi) is 4.53. The summed E-state index contributed by atoms with van der Waals surface area (Å²) in [7, 11) is 0. The fourth-order valence-corrected chi connectivity index (χ4v) is 3.20. The maximum Gasteiger partial charge on any atom is 0.323 e. The summed E-state index contributed by atoms with van der Waals surface area (Å²) in [6.07, 6.45) is 3.38. The molecule has 3 heterocycles. The van der Waals surface area contributed by atoms with E-state index in [1.807, 2.05) is 11.6 Å². The molecular formula is C19H17ClFN5O. The number of benzene rings is 1. The zero-order valence-electron chi connectivity index (χ0n) is 14.6. The molecule has 8 heteroatoms. The molecule has 0 aliphatic carbocycles. The van der Waals surface area contributed by atoms with Crippen LogP contribution in [0.15, 0.2) is 42.7 Å². The van der Waals surface area contributed by atoms with E-state index in [1.54, 1.807) is 35.5 Å². The van der Waals surface area contributed by atoms with E-state index >= 15 is 0 Å². The number of anilines is 1. The third-order valence-electron chi connectivity index (χ3n) is 4.59. The highest BCUT2D eigenvalue weighted by Gasteiger charge is 2.24. The molecule has 0 saturated carbocycles. The third kappa shape index (κ3) is 3.50. The van der Waals surface area contributed by atoms with Gasteiger partial charge in [-0.15, -0.1) is 0 Å². The monoisotopic (exact) mass is 385 g/mol. The van der Waals surface area contributed by atoms with E-state index in [0.717, 1.165) is 22.4 Å². The summed E-state index contributed by atoms with van der Waals surface area (Å²) >= 11 is 6.09. The van der Waals surface area contributed by atoms with Crippen molar-refractivity contribution < 1.29 is 9.18 Å². The number of hydrogen-bond acceptors (Lipinski definition) is 3. The fourth-order valence-electron chi connectivity index (χ4n) is 3.05. The average molecular weight is 386 g/mol. The van der Waals surface area contributed by atoms with Gasteiger partial charge in [0.05, 0.1) is 25.0 Å². The van der Waals surface area contributed by atoms with Gasteiger partial charge in [-0.05, 0) is 36.2 Å². The molecule has 0 saturated heterocycles. The van der Waals surface area contributed by atoms with Gasteiger partial charge in [-0.2, -0.15) is 5.10 Å². The maximum absolute atomic E-state index is 13.2. The van der Waals surface area contributed by atoms with Crippen LogP contribution in [0.2, 0.25) is 5.02 Å². The molecule has 1 aliphatic rings. The van der Waals surface area contributed by atoms with Crippen LogP contribution in [0, 0.1) is 12.7 Å². The summed E-state index contributed by atoms with van der Waals surface area (Å²) in [5.41, 5.74) is 3.52. The van der Waals surface area contributed by atoms with Crippen LogP contribution in [0.5, 0.6) is 0 Å². The van der Waals surface area contributed by atoms with Gasteiger partial charge in [0.2, 0.25) is 0 Å². The van der Waals surface area contributed by atoms with E-state index < -0.39 is 0 Å². The van der Waals surface area contributed by atoms with E-state index in [2.05, 4.69) is 15.4 Å². The number of amides is 2. The quantitative estimate of drug-likeness (QED) is 0.722. The second-order valence-electron chi connectivity index (χ2n) is 6.41. The second kappa shape index (κ2) is 7.00. The van der Waals surface area contributed by atoms with Gasteiger partial charge in [0, 0.05) is 23.3 Å². The van der Waals surface area contributed by atoms with Crippen molar-refractivity contribution in [2.45, 2.75) is 20.0 Å². The number of pyridine rings is 1. The van der Waals surface area contributed by atoms with E-state index in [-0.39, 0.29) is 11.8 Å². The summed E-state index contributed by atoms with van der Waals surface area (Å²) in [6.45, 7) is 3.37. The number of fused-ring (bicyclic) bond motifs is 1. The predicted molar refractivity (Wildman–Crippen MR) is 101 cm³/mol. The number of aryl methyl sites for hydroxylation is 1. The Morgan fingerprint density at radius 3 is 2.74 bits per heavy atom. The fraction of sp³-hybridized carbons (Fsp3) is 0.211. The Labute approximate surface area is 160 Å². The van der Waals surface area contributed by atoms with Crippen LogP contribution in [-0.4, -0.2) is 32.2 Å². The molecule has 27 heavy (non-hydrogen) atoms. The van der Waals surface area contributed by atoms with Gasteiger partial charge in [-0.1, -0.05) is 23.7 Å². The minimum atomic E-state index is -0.287. The molecule has 1 aliphatic heterocycles. The molecule has 3 aromatic rings. The zero-order valence-corrected chi connectivity index (χ0v) is 15.4. The lowest BCUT2D eigenvalue weighted by atomic mass is 10.1. The third-order valence-corrected chi connectivity index (χ3v) is 4.99. The van der Waals surface area contributed by atoms with Crippen LogP contribution < -0.4 is 5.32 Å². The molecule has 2 aromatic heterocycles. The summed E-state index contributed by atoms with van der Waals surface area (Å²) < 4.78 is 15.1. The van der Waals surface area contributed by atoms with Crippen molar-refractivity contribution in [2.24, 2.45) is 0 Å². The second-order valence-corrected chi connectivity index (χ2v) is 6.81. The van der Waals surface area contributed by atoms with E-state index in [0.29, 0.717) is 30.5 Å². The van der Waals surface area contributed by atoms with Crippen LogP contribution >= 0.6 is 11.6 Å². The van der Waals surface area contributed by atoms with Gasteiger partial charge in [0.25, 0.3) is 0 Å². The molecule has 0 spiro atoms. The van der Waals surface area contributed by atoms with Crippen LogP contribution in [0.4, 0.5) is 15.0 Å². The summed E-state index contributed by atoms with van der Waals surface area (Å²) in [5.74, 6) is 0.124. The topological polar surface area (TPSA) is 63.1 Å². The molecule has 0 fully saturated rings. The SMILES string of the molecule is Cc1cnc(NC(=O)N2CCn3ncc(-c4ccc(F)cc4)c3C2)cc1Cl. The van der Waals surface area contributed by atoms with Crippen LogP contribution in [0.1, 0.15) is 11.3 Å². The smallest absolute Gasteiger partial charge is 0.317 e. The van der Waals surface area contributed by atoms with E-state index in [9.17, 15) is 9.18 Å². The number of urea groups is 1. The van der Waals surface area contributed by atoms with Crippen molar-refractivity contribution in [3.8, 4) is 11.1 Å². The number of hydrogen-bond donors (Lipinski definition) is 1. The lowest BCUT2D eigenvalue weighted by Crippen LogP contribution is -2.41. The summed E-state index contributed by atoms with van der Waals surface area (Å²) in [6, 6.07) is 7.64. The highest BCUT2D eigenvalue weighted by Crippen LogP contribution is 2.27. The lowest BCUT2D eigenvalue weighted by molar-refractivity contribution is 0.194. The molecule has 4 rings (SSSR count). The summed E-state index contributed by atoms with van der Waals surface area (Å²) in [5, 5.41) is 7.72. The van der Waals surface area contributed by atoms with E-state index in [4.69, 9.17) is 11.6 Å². The first kappa shape index (κ1) is 17.5. The minimum absolute atomic E-state index is 0.250. The Morgan fingerprint density at radius 1 is 1.22 bits per heavy atom. The van der Waals surface area contributed by atoms with Gasteiger partial charge < -0.3 is 4.90 Å². The highest BCUT2D eigenvalue weighted by atomic mass is 35.5. The molecule has 0 bridgehead atoms. The van der Waals surface area contributed by atoms with Gasteiger partial charge in [0.1, 0.15) is 11.6 Å². The number of aromatic nitrogens is 3. The van der Waals surface area contributed by atoms with Crippen LogP contribution in [0.3, 0.4) is 0 Å². The van der Waals surface area contributed by atoms with Gasteiger partial charge in [0.15, 0.2) is 0 Å². The van der Waals surface area contributed by atoms with Crippen molar-refractivity contribution in [1.29, 1.82) is 0 Å². The van der Waals surface area contributed by atoms with Crippen molar-refractivity contribution in [3.05, 3.63) is 64.8 Å². The van der Waals surface area contributed by atoms with Crippen molar-refractivity contribution >= 4 is 23.4 Å². The molecule has 1 N–H and O–H groups in total. The van der Waals surface area contributed by atoms with Crippen LogP contribution in [-0.2, 0) is 13.1 Å². The molecule has 6 nitrogen and oxygen atoms in total. The number of nitrogens with zero attached hydrogens (tertiary/aromatic N) is 4. The highest BCUT2D eigenvalue weighted by molar-refractivity contribution is 6.31. The first-order valence-corrected chi connectivity index (χ1v) is 8.88. The largest absolute Gasteiger partial charge is 0.323 e. The lowest BCUT2D eigenvalue weighted by Gasteiger charge is -2.28. The first-order valence-electron chi connectivity index (χ1n) is 8.50.